The van der Waals surface area contributed by atoms with Crippen molar-refractivity contribution in [3.05, 3.63) is 45.6 Å². The fourth-order valence-corrected chi connectivity index (χ4v) is 1.72. The zero-order valence-electron chi connectivity index (χ0n) is 8.00. The SMILES string of the molecule is Cc1ccc2c(c1)C(=O)C(Cl)=C(N)C2=O. The molecule has 0 spiro atoms. The zero-order valence-corrected chi connectivity index (χ0v) is 8.76. The molecule has 1 aromatic carbocycles. The molecular weight excluding hydrogens is 214 g/mol. The van der Waals surface area contributed by atoms with Crippen LogP contribution in [-0.2, 0) is 0 Å². The standard InChI is InChI=1S/C11H8ClNO2/c1-5-2-3-6-7(4-5)10(14)8(12)9(13)11(6)15/h2-4H,13H2,1H3. The molecule has 3 nitrogen and oxygen atoms in total. The maximum absolute atomic E-state index is 11.7. The molecule has 0 bridgehead atoms. The van der Waals surface area contributed by atoms with Crippen LogP contribution in [0.25, 0.3) is 0 Å². The Morgan fingerprint density at radius 1 is 1.13 bits per heavy atom. The quantitative estimate of drug-likeness (QED) is 0.727. The van der Waals surface area contributed by atoms with E-state index in [0.717, 1.165) is 5.56 Å². The molecule has 15 heavy (non-hydrogen) atoms. The Morgan fingerprint density at radius 2 is 1.80 bits per heavy atom. The molecule has 0 heterocycles. The molecule has 0 amide bonds. The fourth-order valence-electron chi connectivity index (χ4n) is 1.53. The number of nitrogens with two attached hydrogens (primary N) is 1. The molecule has 0 atom stereocenters. The number of ketones is 2. The van der Waals surface area contributed by atoms with E-state index in [1.54, 1.807) is 18.2 Å². The second kappa shape index (κ2) is 3.21. The number of halogens is 1. The van der Waals surface area contributed by atoms with Crippen molar-refractivity contribution in [3.63, 3.8) is 0 Å². The van der Waals surface area contributed by atoms with Crippen LogP contribution in [0.4, 0.5) is 0 Å². The number of carbonyl (C=O) groups is 2. The van der Waals surface area contributed by atoms with Crippen LogP contribution >= 0.6 is 11.6 Å². The third-order valence-corrected chi connectivity index (χ3v) is 2.72. The fraction of sp³-hybridized carbons (Fsp3) is 0.0909. The van der Waals surface area contributed by atoms with Gasteiger partial charge in [-0.05, 0) is 19.1 Å². The predicted molar refractivity (Wildman–Crippen MR) is 56.9 cm³/mol. The number of benzene rings is 1. The van der Waals surface area contributed by atoms with Crippen LogP contribution in [0.3, 0.4) is 0 Å². The van der Waals surface area contributed by atoms with Crippen molar-refractivity contribution in [2.24, 2.45) is 5.73 Å². The molecule has 4 heteroatoms. The van der Waals surface area contributed by atoms with Gasteiger partial charge in [0.25, 0.3) is 0 Å². The number of aryl methyl sites for hydroxylation is 1. The van der Waals surface area contributed by atoms with Gasteiger partial charge in [-0.15, -0.1) is 0 Å². The lowest BCUT2D eigenvalue weighted by molar-refractivity contribution is 0.0979. The largest absolute Gasteiger partial charge is 0.394 e. The molecular formula is C11H8ClNO2. The highest BCUT2D eigenvalue weighted by molar-refractivity contribution is 6.49. The summed E-state index contributed by atoms with van der Waals surface area (Å²) < 4.78 is 0. The van der Waals surface area contributed by atoms with Crippen LogP contribution in [0.5, 0.6) is 0 Å². The Labute approximate surface area is 91.5 Å². The Hall–Kier alpha value is -1.61. The van der Waals surface area contributed by atoms with Gasteiger partial charge in [0.15, 0.2) is 0 Å². The minimum Gasteiger partial charge on any atom is -0.394 e. The first kappa shape index (κ1) is 9.93. The maximum atomic E-state index is 11.7. The number of hydrogen-bond donors (Lipinski definition) is 1. The van der Waals surface area contributed by atoms with Gasteiger partial charge in [0.2, 0.25) is 11.6 Å². The van der Waals surface area contributed by atoms with Crippen molar-refractivity contribution in [1.82, 2.24) is 0 Å². The van der Waals surface area contributed by atoms with Crippen LogP contribution < -0.4 is 5.73 Å². The Kier molecular flexibility index (Phi) is 2.12. The Balaban J connectivity index is 2.73. The van der Waals surface area contributed by atoms with Crippen molar-refractivity contribution in [2.75, 3.05) is 0 Å². The maximum Gasteiger partial charge on any atom is 0.211 e. The number of rotatable bonds is 0. The zero-order chi connectivity index (χ0) is 11.2. The molecule has 1 aliphatic rings. The van der Waals surface area contributed by atoms with Crippen LogP contribution in [0, 0.1) is 6.92 Å². The molecule has 2 N–H and O–H groups in total. The van der Waals surface area contributed by atoms with Gasteiger partial charge in [0, 0.05) is 11.1 Å². The first-order chi connectivity index (χ1) is 7.02. The highest BCUT2D eigenvalue weighted by Crippen LogP contribution is 2.26. The highest BCUT2D eigenvalue weighted by Gasteiger charge is 2.29. The van der Waals surface area contributed by atoms with Gasteiger partial charge >= 0.3 is 0 Å². The van der Waals surface area contributed by atoms with E-state index in [4.69, 9.17) is 17.3 Å². The molecule has 0 aliphatic heterocycles. The van der Waals surface area contributed by atoms with E-state index in [1.807, 2.05) is 6.92 Å². The van der Waals surface area contributed by atoms with E-state index in [9.17, 15) is 9.59 Å². The average molecular weight is 222 g/mol. The van der Waals surface area contributed by atoms with E-state index >= 15 is 0 Å². The van der Waals surface area contributed by atoms with Gasteiger partial charge in [0.1, 0.15) is 10.7 Å². The second-order valence-electron chi connectivity index (χ2n) is 3.43. The van der Waals surface area contributed by atoms with E-state index in [1.165, 1.54) is 0 Å². The van der Waals surface area contributed by atoms with Crippen molar-refractivity contribution in [1.29, 1.82) is 0 Å². The van der Waals surface area contributed by atoms with Crippen LogP contribution in [0.15, 0.2) is 28.9 Å². The number of fused-ring (bicyclic) bond motifs is 1. The van der Waals surface area contributed by atoms with E-state index in [2.05, 4.69) is 0 Å². The Bertz CT molecular complexity index is 517. The van der Waals surface area contributed by atoms with Crippen LogP contribution in [0.2, 0.25) is 0 Å². The summed E-state index contributed by atoms with van der Waals surface area (Å²) in [5, 5.41) is -0.182. The van der Waals surface area contributed by atoms with E-state index in [-0.39, 0.29) is 22.3 Å². The summed E-state index contributed by atoms with van der Waals surface area (Å²) in [5.74, 6) is -0.762. The van der Waals surface area contributed by atoms with Crippen molar-refractivity contribution in [2.45, 2.75) is 6.92 Å². The molecule has 0 unspecified atom stereocenters. The lowest BCUT2D eigenvalue weighted by Gasteiger charge is -2.15. The third-order valence-electron chi connectivity index (χ3n) is 2.34. The van der Waals surface area contributed by atoms with Gasteiger partial charge in [-0.2, -0.15) is 0 Å². The average Bonchev–Trinajstić information content (AvgIpc) is 2.23. The molecule has 2 rings (SSSR count). The lowest BCUT2D eigenvalue weighted by Crippen LogP contribution is -2.24. The highest BCUT2D eigenvalue weighted by atomic mass is 35.5. The molecule has 1 aliphatic carbocycles. The van der Waals surface area contributed by atoms with Crippen molar-refractivity contribution in [3.8, 4) is 0 Å². The van der Waals surface area contributed by atoms with Crippen LogP contribution in [0.1, 0.15) is 26.3 Å². The number of hydrogen-bond acceptors (Lipinski definition) is 3. The smallest absolute Gasteiger partial charge is 0.211 e. The lowest BCUT2D eigenvalue weighted by atomic mass is 9.91. The summed E-state index contributed by atoms with van der Waals surface area (Å²) >= 11 is 5.68. The van der Waals surface area contributed by atoms with Crippen molar-refractivity contribution < 1.29 is 9.59 Å². The predicted octanol–water partition coefficient (Wildman–Crippen LogP) is 1.78. The number of allylic oxidation sites excluding steroid dienone is 2. The normalized spacial score (nSPS) is 15.6. The van der Waals surface area contributed by atoms with E-state index < -0.39 is 0 Å². The minimum absolute atomic E-state index is 0.169. The van der Waals surface area contributed by atoms with Gasteiger partial charge in [0.05, 0.1) is 0 Å². The summed E-state index contributed by atoms with van der Waals surface area (Å²) in [6, 6.07) is 5.00. The summed E-state index contributed by atoms with van der Waals surface area (Å²) in [6.07, 6.45) is 0. The van der Waals surface area contributed by atoms with E-state index in [0.29, 0.717) is 11.1 Å². The van der Waals surface area contributed by atoms with Gasteiger partial charge in [-0.3, -0.25) is 9.59 Å². The summed E-state index contributed by atoms with van der Waals surface area (Å²) in [5.41, 5.74) is 6.84. The van der Waals surface area contributed by atoms with Gasteiger partial charge < -0.3 is 5.73 Å². The number of carbonyl (C=O) groups excluding carboxylic acids is 2. The third kappa shape index (κ3) is 1.36. The molecule has 0 saturated heterocycles. The summed E-state index contributed by atoms with van der Waals surface area (Å²) in [6.45, 7) is 1.84. The van der Waals surface area contributed by atoms with Crippen molar-refractivity contribution >= 4 is 23.2 Å². The first-order valence-corrected chi connectivity index (χ1v) is 4.75. The monoisotopic (exact) mass is 221 g/mol. The summed E-state index contributed by atoms with van der Waals surface area (Å²) in [7, 11) is 0. The first-order valence-electron chi connectivity index (χ1n) is 4.37. The Morgan fingerprint density at radius 3 is 2.47 bits per heavy atom. The molecule has 0 fully saturated rings. The minimum atomic E-state index is -0.382. The summed E-state index contributed by atoms with van der Waals surface area (Å²) in [4.78, 5) is 23.4. The second-order valence-corrected chi connectivity index (χ2v) is 3.81. The molecule has 0 radical (unpaired) electrons. The van der Waals surface area contributed by atoms with Crippen LogP contribution in [-0.4, -0.2) is 11.6 Å². The number of Topliss-reactive ketones (excluding diaryl/α,β-unsaturated/α-hetero) is 2. The molecule has 76 valence electrons. The molecule has 0 saturated carbocycles. The molecule has 0 aromatic heterocycles. The van der Waals surface area contributed by atoms with Gasteiger partial charge in [-0.1, -0.05) is 23.2 Å². The van der Waals surface area contributed by atoms with Gasteiger partial charge in [-0.25, -0.2) is 0 Å². The topological polar surface area (TPSA) is 60.2 Å². The molecule has 1 aromatic rings.